The van der Waals surface area contributed by atoms with Crippen molar-refractivity contribution in [2.24, 2.45) is 5.73 Å². The monoisotopic (exact) mass is 231 g/mol. The minimum atomic E-state index is 0.425. The van der Waals surface area contributed by atoms with E-state index in [2.05, 4.69) is 43.5 Å². The summed E-state index contributed by atoms with van der Waals surface area (Å²) >= 11 is 0. The molecule has 0 aliphatic carbocycles. The summed E-state index contributed by atoms with van der Waals surface area (Å²) < 4.78 is 2.29. The highest BCUT2D eigenvalue weighted by Crippen LogP contribution is 2.22. The number of aryl methyl sites for hydroxylation is 1. The van der Waals surface area contributed by atoms with Gasteiger partial charge >= 0.3 is 0 Å². The second-order valence-electron chi connectivity index (χ2n) is 4.71. The van der Waals surface area contributed by atoms with Crippen molar-refractivity contribution in [1.29, 1.82) is 0 Å². The van der Waals surface area contributed by atoms with Crippen LogP contribution in [0.5, 0.6) is 0 Å². The molecule has 0 radical (unpaired) electrons. The average Bonchev–Trinajstić information content (AvgIpc) is 2.66. The number of nitrogens with two attached hydrogens (primary N) is 1. The number of nitrogens with zero attached hydrogens (tertiary/aromatic N) is 2. The first-order valence-electron chi connectivity index (χ1n) is 6.37. The second kappa shape index (κ2) is 4.88. The first kappa shape index (κ1) is 12.1. The third kappa shape index (κ3) is 2.20. The lowest BCUT2D eigenvalue weighted by molar-refractivity contribution is 0.584. The van der Waals surface area contributed by atoms with E-state index in [1.54, 1.807) is 0 Å². The van der Waals surface area contributed by atoms with E-state index in [0.717, 1.165) is 24.2 Å². The Morgan fingerprint density at radius 3 is 2.71 bits per heavy atom. The molecule has 1 aromatic carbocycles. The Bertz CT molecular complexity index is 511. The number of fused-ring (bicyclic) bond motifs is 1. The van der Waals surface area contributed by atoms with Crippen molar-refractivity contribution < 1.29 is 0 Å². The average molecular weight is 231 g/mol. The molecule has 1 heterocycles. The Hall–Kier alpha value is -1.35. The highest BCUT2D eigenvalue weighted by Gasteiger charge is 2.12. The van der Waals surface area contributed by atoms with Crippen molar-refractivity contribution >= 4 is 11.0 Å². The second-order valence-corrected chi connectivity index (χ2v) is 4.71. The molecule has 3 heteroatoms. The standard InChI is InChI=1S/C14H21N3/c1-4-11-5-6-13-12(9-11)16-14(7-8-15)17(13)10(2)3/h5-6,9-10H,4,7-8,15H2,1-3H3. The van der Waals surface area contributed by atoms with Gasteiger partial charge in [0.2, 0.25) is 0 Å². The molecule has 17 heavy (non-hydrogen) atoms. The van der Waals surface area contributed by atoms with Gasteiger partial charge in [0.15, 0.2) is 0 Å². The van der Waals surface area contributed by atoms with Crippen LogP contribution in [0, 0.1) is 0 Å². The highest BCUT2D eigenvalue weighted by molar-refractivity contribution is 5.77. The summed E-state index contributed by atoms with van der Waals surface area (Å²) in [5, 5.41) is 0. The molecule has 2 aromatic rings. The van der Waals surface area contributed by atoms with Gasteiger partial charge in [-0.15, -0.1) is 0 Å². The molecular weight excluding hydrogens is 210 g/mol. The summed E-state index contributed by atoms with van der Waals surface area (Å²) in [4.78, 5) is 4.72. The van der Waals surface area contributed by atoms with E-state index < -0.39 is 0 Å². The van der Waals surface area contributed by atoms with Gasteiger partial charge in [-0.25, -0.2) is 4.98 Å². The third-order valence-corrected chi connectivity index (χ3v) is 3.12. The van der Waals surface area contributed by atoms with Gasteiger partial charge in [0.25, 0.3) is 0 Å². The molecule has 2 rings (SSSR count). The molecule has 92 valence electrons. The van der Waals surface area contributed by atoms with E-state index in [4.69, 9.17) is 10.7 Å². The van der Waals surface area contributed by atoms with Crippen LogP contribution >= 0.6 is 0 Å². The first-order chi connectivity index (χ1) is 8.17. The van der Waals surface area contributed by atoms with Gasteiger partial charge in [-0.3, -0.25) is 0 Å². The van der Waals surface area contributed by atoms with Crippen LogP contribution in [0.25, 0.3) is 11.0 Å². The van der Waals surface area contributed by atoms with E-state index in [1.807, 2.05) is 0 Å². The fourth-order valence-electron chi connectivity index (χ4n) is 2.30. The Kier molecular flexibility index (Phi) is 3.48. The Labute approximate surface area is 103 Å². The number of rotatable bonds is 4. The molecule has 0 saturated carbocycles. The van der Waals surface area contributed by atoms with Crippen LogP contribution in [0.1, 0.15) is 38.2 Å². The van der Waals surface area contributed by atoms with Crippen LogP contribution in [-0.2, 0) is 12.8 Å². The molecule has 0 aliphatic rings. The molecule has 0 atom stereocenters. The summed E-state index contributed by atoms with van der Waals surface area (Å²) in [5.41, 5.74) is 9.31. The summed E-state index contributed by atoms with van der Waals surface area (Å²) in [6.45, 7) is 7.20. The quantitative estimate of drug-likeness (QED) is 0.879. The van der Waals surface area contributed by atoms with Crippen LogP contribution in [0.15, 0.2) is 18.2 Å². The largest absolute Gasteiger partial charge is 0.330 e. The van der Waals surface area contributed by atoms with Crippen LogP contribution in [0.4, 0.5) is 0 Å². The molecule has 0 fully saturated rings. The van der Waals surface area contributed by atoms with Gasteiger partial charge < -0.3 is 10.3 Å². The Morgan fingerprint density at radius 1 is 1.35 bits per heavy atom. The molecule has 2 N–H and O–H groups in total. The summed E-state index contributed by atoms with van der Waals surface area (Å²) in [7, 11) is 0. The lowest BCUT2D eigenvalue weighted by Crippen LogP contribution is -2.11. The van der Waals surface area contributed by atoms with E-state index in [-0.39, 0.29) is 0 Å². The van der Waals surface area contributed by atoms with E-state index in [0.29, 0.717) is 12.6 Å². The van der Waals surface area contributed by atoms with Crippen molar-refractivity contribution in [3.63, 3.8) is 0 Å². The maximum absolute atomic E-state index is 5.65. The smallest absolute Gasteiger partial charge is 0.111 e. The lowest BCUT2D eigenvalue weighted by Gasteiger charge is -2.12. The molecule has 0 bridgehead atoms. The van der Waals surface area contributed by atoms with Crippen molar-refractivity contribution in [3.05, 3.63) is 29.6 Å². The van der Waals surface area contributed by atoms with Crippen LogP contribution < -0.4 is 5.73 Å². The number of imidazole rings is 1. The molecular formula is C14H21N3. The van der Waals surface area contributed by atoms with Gasteiger partial charge in [-0.1, -0.05) is 13.0 Å². The predicted octanol–water partition coefficient (Wildman–Crippen LogP) is 2.68. The Balaban J connectivity index is 2.61. The molecule has 0 unspecified atom stereocenters. The van der Waals surface area contributed by atoms with Crippen molar-refractivity contribution in [3.8, 4) is 0 Å². The summed E-state index contributed by atoms with van der Waals surface area (Å²) in [6.07, 6.45) is 1.89. The maximum Gasteiger partial charge on any atom is 0.111 e. The molecule has 1 aromatic heterocycles. The SMILES string of the molecule is CCc1ccc2c(c1)nc(CCN)n2C(C)C. The van der Waals surface area contributed by atoms with Gasteiger partial charge in [0.05, 0.1) is 11.0 Å². The minimum absolute atomic E-state index is 0.425. The van der Waals surface area contributed by atoms with Crippen LogP contribution in [0.2, 0.25) is 0 Å². The first-order valence-corrected chi connectivity index (χ1v) is 6.37. The highest BCUT2D eigenvalue weighted by atomic mass is 15.1. The molecule has 3 nitrogen and oxygen atoms in total. The summed E-state index contributed by atoms with van der Waals surface area (Å²) in [6, 6.07) is 6.99. The van der Waals surface area contributed by atoms with Gasteiger partial charge in [0.1, 0.15) is 5.82 Å². The number of aromatic nitrogens is 2. The molecule has 0 saturated heterocycles. The topological polar surface area (TPSA) is 43.8 Å². The van der Waals surface area contributed by atoms with E-state index in [9.17, 15) is 0 Å². The van der Waals surface area contributed by atoms with Crippen molar-refractivity contribution in [2.75, 3.05) is 6.54 Å². The zero-order valence-corrected chi connectivity index (χ0v) is 10.9. The van der Waals surface area contributed by atoms with E-state index in [1.165, 1.54) is 11.1 Å². The van der Waals surface area contributed by atoms with Crippen molar-refractivity contribution in [2.45, 2.75) is 39.7 Å². The van der Waals surface area contributed by atoms with Gasteiger partial charge in [-0.05, 0) is 44.5 Å². The normalized spacial score (nSPS) is 11.6. The predicted molar refractivity (Wildman–Crippen MR) is 72.3 cm³/mol. The lowest BCUT2D eigenvalue weighted by atomic mass is 10.1. The Morgan fingerprint density at radius 2 is 2.12 bits per heavy atom. The van der Waals surface area contributed by atoms with Gasteiger partial charge in [0, 0.05) is 12.5 Å². The zero-order valence-electron chi connectivity index (χ0n) is 10.9. The van der Waals surface area contributed by atoms with Crippen LogP contribution in [-0.4, -0.2) is 16.1 Å². The van der Waals surface area contributed by atoms with Crippen LogP contribution in [0.3, 0.4) is 0 Å². The summed E-state index contributed by atoms with van der Waals surface area (Å²) in [5.74, 6) is 1.10. The maximum atomic E-state index is 5.65. The number of hydrogen-bond donors (Lipinski definition) is 1. The fraction of sp³-hybridized carbons (Fsp3) is 0.500. The molecule has 0 amide bonds. The molecule has 0 spiro atoms. The third-order valence-electron chi connectivity index (χ3n) is 3.12. The number of hydrogen-bond acceptors (Lipinski definition) is 2. The molecule has 0 aliphatic heterocycles. The minimum Gasteiger partial charge on any atom is -0.330 e. The fourth-order valence-corrected chi connectivity index (χ4v) is 2.30. The van der Waals surface area contributed by atoms with E-state index >= 15 is 0 Å². The number of benzene rings is 1. The van der Waals surface area contributed by atoms with Crippen molar-refractivity contribution in [1.82, 2.24) is 9.55 Å². The van der Waals surface area contributed by atoms with Gasteiger partial charge in [-0.2, -0.15) is 0 Å². The zero-order chi connectivity index (χ0) is 12.4.